The molecule has 3 rings (SSSR count). The summed E-state index contributed by atoms with van der Waals surface area (Å²) in [7, 11) is 0. The summed E-state index contributed by atoms with van der Waals surface area (Å²) < 4.78 is 0. The maximum Gasteiger partial charge on any atom is 0.319 e. The normalized spacial score (nSPS) is 16.8. The van der Waals surface area contributed by atoms with Gasteiger partial charge in [0.15, 0.2) is 0 Å². The lowest BCUT2D eigenvalue weighted by molar-refractivity contribution is -0.117. The molecule has 2 aromatic carbocycles. The van der Waals surface area contributed by atoms with Gasteiger partial charge in [-0.2, -0.15) is 0 Å². The zero-order valence-electron chi connectivity index (χ0n) is 14.6. The Morgan fingerprint density at radius 2 is 1.88 bits per heavy atom. The van der Waals surface area contributed by atoms with Crippen molar-refractivity contribution in [1.29, 1.82) is 0 Å². The van der Waals surface area contributed by atoms with Gasteiger partial charge in [0, 0.05) is 36.8 Å². The third kappa shape index (κ3) is 4.38. The molecular weight excluding hydrogens is 314 g/mol. The van der Waals surface area contributed by atoms with E-state index in [-0.39, 0.29) is 17.9 Å². The maximum atomic E-state index is 12.2. The fraction of sp³-hybridized carbons (Fsp3) is 0.300. The van der Waals surface area contributed by atoms with Crippen molar-refractivity contribution in [2.24, 2.45) is 5.92 Å². The van der Waals surface area contributed by atoms with E-state index in [1.165, 1.54) is 5.56 Å². The Balaban J connectivity index is 1.51. The molecule has 2 N–H and O–H groups in total. The summed E-state index contributed by atoms with van der Waals surface area (Å²) in [5.41, 5.74) is 3.94. The number of benzene rings is 2. The first-order chi connectivity index (χ1) is 12.0. The van der Waals surface area contributed by atoms with Crippen LogP contribution >= 0.6 is 0 Å². The second-order valence-electron chi connectivity index (χ2n) is 6.61. The van der Waals surface area contributed by atoms with Gasteiger partial charge in [0.1, 0.15) is 0 Å². The van der Waals surface area contributed by atoms with Crippen molar-refractivity contribution in [2.75, 3.05) is 23.3 Å². The van der Waals surface area contributed by atoms with E-state index in [9.17, 15) is 9.59 Å². The highest BCUT2D eigenvalue weighted by Gasteiger charge is 2.30. The molecule has 1 saturated heterocycles. The van der Waals surface area contributed by atoms with Crippen LogP contribution in [0.1, 0.15) is 17.5 Å². The van der Waals surface area contributed by atoms with Crippen molar-refractivity contribution >= 4 is 23.3 Å². The molecule has 5 nitrogen and oxygen atoms in total. The van der Waals surface area contributed by atoms with Gasteiger partial charge >= 0.3 is 6.03 Å². The fourth-order valence-electron chi connectivity index (χ4n) is 3.03. The van der Waals surface area contributed by atoms with E-state index in [2.05, 4.69) is 10.6 Å². The number of aryl methyl sites for hydroxylation is 2. The average molecular weight is 337 g/mol. The number of rotatable bonds is 4. The zero-order valence-corrected chi connectivity index (χ0v) is 14.6. The summed E-state index contributed by atoms with van der Waals surface area (Å²) >= 11 is 0. The highest BCUT2D eigenvalue weighted by atomic mass is 16.2. The standard InChI is InChI=1S/C20H23N3O2/c1-14-6-8-18(9-7-14)23-13-16(11-19(23)24)12-21-20(25)22-17-5-3-4-15(2)10-17/h3-10,16H,11-13H2,1-2H3,(H2,21,22,25)/t16-/m1/s1. The molecule has 3 amide bonds. The van der Waals surface area contributed by atoms with Crippen LogP contribution in [-0.4, -0.2) is 25.0 Å². The van der Waals surface area contributed by atoms with Gasteiger partial charge in [-0.25, -0.2) is 4.79 Å². The van der Waals surface area contributed by atoms with Crippen molar-refractivity contribution in [1.82, 2.24) is 5.32 Å². The van der Waals surface area contributed by atoms with Crippen LogP contribution in [-0.2, 0) is 4.79 Å². The van der Waals surface area contributed by atoms with Crippen LogP contribution in [0.4, 0.5) is 16.2 Å². The van der Waals surface area contributed by atoms with E-state index in [4.69, 9.17) is 0 Å². The monoisotopic (exact) mass is 337 g/mol. The lowest BCUT2D eigenvalue weighted by Crippen LogP contribution is -2.34. The number of anilines is 2. The summed E-state index contributed by atoms with van der Waals surface area (Å²) in [5, 5.41) is 5.68. The van der Waals surface area contributed by atoms with Crippen LogP contribution in [0.2, 0.25) is 0 Å². The van der Waals surface area contributed by atoms with Crippen LogP contribution in [0.5, 0.6) is 0 Å². The predicted octanol–water partition coefficient (Wildman–Crippen LogP) is 3.48. The highest BCUT2D eigenvalue weighted by Crippen LogP contribution is 2.25. The van der Waals surface area contributed by atoms with Crippen molar-refractivity contribution < 1.29 is 9.59 Å². The Morgan fingerprint density at radius 1 is 1.12 bits per heavy atom. The van der Waals surface area contributed by atoms with E-state index in [1.807, 2.05) is 62.4 Å². The van der Waals surface area contributed by atoms with E-state index in [0.717, 1.165) is 16.9 Å². The second-order valence-corrected chi connectivity index (χ2v) is 6.61. The molecule has 1 aliphatic heterocycles. The number of carbonyl (C=O) groups is 2. The minimum absolute atomic E-state index is 0.106. The van der Waals surface area contributed by atoms with Crippen LogP contribution < -0.4 is 15.5 Å². The molecule has 0 aliphatic carbocycles. The van der Waals surface area contributed by atoms with Crippen LogP contribution in [0, 0.1) is 19.8 Å². The minimum Gasteiger partial charge on any atom is -0.338 e. The molecule has 1 atom stereocenters. The molecule has 5 heteroatoms. The van der Waals surface area contributed by atoms with E-state index < -0.39 is 0 Å². The van der Waals surface area contributed by atoms with Crippen molar-refractivity contribution in [3.8, 4) is 0 Å². The molecule has 0 aromatic heterocycles. The summed E-state index contributed by atoms with van der Waals surface area (Å²) in [4.78, 5) is 26.1. The molecule has 0 unspecified atom stereocenters. The molecule has 130 valence electrons. The molecule has 1 heterocycles. The van der Waals surface area contributed by atoms with Gasteiger partial charge in [0.2, 0.25) is 5.91 Å². The number of urea groups is 1. The maximum absolute atomic E-state index is 12.2. The SMILES string of the molecule is Cc1ccc(N2C[C@@H](CNC(=O)Nc3cccc(C)c3)CC2=O)cc1. The number of nitrogens with zero attached hydrogens (tertiary/aromatic N) is 1. The predicted molar refractivity (Wildman–Crippen MR) is 99.8 cm³/mol. The summed E-state index contributed by atoms with van der Waals surface area (Å²) in [6.07, 6.45) is 0.457. The zero-order chi connectivity index (χ0) is 17.8. The average Bonchev–Trinajstić information content (AvgIpc) is 2.95. The third-order valence-electron chi connectivity index (χ3n) is 4.38. The number of hydrogen-bond acceptors (Lipinski definition) is 2. The molecule has 25 heavy (non-hydrogen) atoms. The van der Waals surface area contributed by atoms with Gasteiger partial charge in [-0.15, -0.1) is 0 Å². The first kappa shape index (κ1) is 17.0. The van der Waals surface area contributed by atoms with Gasteiger partial charge in [-0.1, -0.05) is 29.8 Å². The lowest BCUT2D eigenvalue weighted by Gasteiger charge is -2.17. The number of carbonyl (C=O) groups excluding carboxylic acids is 2. The third-order valence-corrected chi connectivity index (χ3v) is 4.38. The molecule has 1 fully saturated rings. The van der Waals surface area contributed by atoms with Gasteiger partial charge in [-0.3, -0.25) is 4.79 Å². The van der Waals surface area contributed by atoms with Crippen molar-refractivity contribution in [2.45, 2.75) is 20.3 Å². The summed E-state index contributed by atoms with van der Waals surface area (Å²) in [5.74, 6) is 0.229. The largest absolute Gasteiger partial charge is 0.338 e. The Bertz CT molecular complexity index is 771. The Hall–Kier alpha value is -2.82. The van der Waals surface area contributed by atoms with Crippen LogP contribution in [0.3, 0.4) is 0 Å². The van der Waals surface area contributed by atoms with Crippen molar-refractivity contribution in [3.63, 3.8) is 0 Å². The summed E-state index contributed by atoms with van der Waals surface area (Å²) in [6, 6.07) is 15.3. The van der Waals surface area contributed by atoms with Gasteiger partial charge in [0.05, 0.1) is 0 Å². The van der Waals surface area contributed by atoms with Gasteiger partial charge < -0.3 is 15.5 Å². The molecule has 1 aliphatic rings. The van der Waals surface area contributed by atoms with E-state index >= 15 is 0 Å². The molecule has 0 bridgehead atoms. The minimum atomic E-state index is -0.244. The molecule has 2 aromatic rings. The Kier molecular flexibility index (Phi) is 5.03. The number of amides is 3. The van der Waals surface area contributed by atoms with Gasteiger partial charge in [-0.05, 0) is 43.7 Å². The summed E-state index contributed by atoms with van der Waals surface area (Å²) in [6.45, 7) is 5.11. The fourth-order valence-corrected chi connectivity index (χ4v) is 3.03. The first-order valence-electron chi connectivity index (χ1n) is 8.50. The first-order valence-corrected chi connectivity index (χ1v) is 8.50. The lowest BCUT2D eigenvalue weighted by atomic mass is 10.1. The molecule has 0 saturated carbocycles. The second kappa shape index (κ2) is 7.38. The molecule has 0 spiro atoms. The Labute approximate surface area is 148 Å². The van der Waals surface area contributed by atoms with Crippen molar-refractivity contribution in [3.05, 3.63) is 59.7 Å². The number of hydrogen-bond donors (Lipinski definition) is 2. The topological polar surface area (TPSA) is 61.4 Å². The van der Waals surface area contributed by atoms with Gasteiger partial charge in [0.25, 0.3) is 0 Å². The smallest absolute Gasteiger partial charge is 0.319 e. The Morgan fingerprint density at radius 3 is 2.60 bits per heavy atom. The number of nitrogens with one attached hydrogen (secondary N) is 2. The highest BCUT2D eigenvalue weighted by molar-refractivity contribution is 5.96. The quantitative estimate of drug-likeness (QED) is 0.897. The van der Waals surface area contributed by atoms with E-state index in [0.29, 0.717) is 19.5 Å². The van der Waals surface area contributed by atoms with E-state index in [1.54, 1.807) is 4.90 Å². The molecule has 0 radical (unpaired) electrons. The van der Waals surface area contributed by atoms with Crippen LogP contribution in [0.25, 0.3) is 0 Å². The molecular formula is C20H23N3O2. The van der Waals surface area contributed by atoms with Crippen LogP contribution in [0.15, 0.2) is 48.5 Å².